The van der Waals surface area contributed by atoms with Crippen LogP contribution in [-0.4, -0.2) is 36.3 Å². The second-order valence-electron chi connectivity index (χ2n) is 4.69. The van der Waals surface area contributed by atoms with Gasteiger partial charge in [-0.25, -0.2) is 4.79 Å². The van der Waals surface area contributed by atoms with E-state index in [4.69, 9.17) is 9.84 Å². The van der Waals surface area contributed by atoms with Crippen molar-refractivity contribution in [2.24, 2.45) is 0 Å². The molecule has 1 saturated heterocycles. The highest BCUT2D eigenvalue weighted by molar-refractivity contribution is 5.65. The minimum atomic E-state index is -0.915. The predicted molar refractivity (Wildman–Crippen MR) is 69.1 cm³/mol. The fourth-order valence-corrected chi connectivity index (χ4v) is 2.45. The van der Waals surface area contributed by atoms with Crippen LogP contribution in [0.15, 0.2) is 24.3 Å². The number of carbonyl (C=O) groups is 1. The fraction of sp³-hybridized carbons (Fsp3) is 0.429. The van der Waals surface area contributed by atoms with Crippen molar-refractivity contribution in [3.05, 3.63) is 29.8 Å². The molecule has 2 rings (SSSR count). The van der Waals surface area contributed by atoms with Gasteiger partial charge in [0.1, 0.15) is 5.75 Å². The van der Waals surface area contributed by atoms with Gasteiger partial charge in [0.25, 0.3) is 0 Å². The van der Waals surface area contributed by atoms with Gasteiger partial charge in [-0.1, -0.05) is 12.1 Å². The predicted octanol–water partition coefficient (Wildman–Crippen LogP) is 2.23. The van der Waals surface area contributed by atoms with Gasteiger partial charge in [0.05, 0.1) is 18.6 Å². The van der Waals surface area contributed by atoms with Gasteiger partial charge in [-0.05, 0) is 30.5 Å². The minimum absolute atomic E-state index is 0.398. The molecular weight excluding hydrogens is 244 g/mol. The first kappa shape index (κ1) is 13.2. The Bertz CT molecular complexity index is 496. The first-order chi connectivity index (χ1) is 9.11. The van der Waals surface area contributed by atoms with Crippen LogP contribution in [0.3, 0.4) is 0 Å². The van der Waals surface area contributed by atoms with E-state index in [0.717, 1.165) is 11.3 Å². The molecule has 100 valence electrons. The normalized spacial score (nSPS) is 17.6. The molecule has 0 radical (unpaired) electrons. The van der Waals surface area contributed by atoms with E-state index in [1.807, 2.05) is 24.3 Å². The number of benzene rings is 1. The number of ether oxygens (including phenoxy) is 1. The third-order valence-corrected chi connectivity index (χ3v) is 3.74. The monoisotopic (exact) mass is 260 g/mol. The van der Waals surface area contributed by atoms with Crippen LogP contribution in [0.1, 0.15) is 18.4 Å². The number of piperidine rings is 1. The summed E-state index contributed by atoms with van der Waals surface area (Å²) in [6.45, 7) is 0.795. The van der Waals surface area contributed by atoms with E-state index in [1.165, 1.54) is 4.90 Å². The summed E-state index contributed by atoms with van der Waals surface area (Å²) in [5, 5.41) is 18.4. The molecule has 1 fully saturated rings. The summed E-state index contributed by atoms with van der Waals surface area (Å²) in [6, 6.07) is 9.81. The van der Waals surface area contributed by atoms with Crippen molar-refractivity contribution < 1.29 is 14.6 Å². The van der Waals surface area contributed by atoms with Crippen LogP contribution in [0.5, 0.6) is 5.75 Å². The number of likely N-dealkylation sites (tertiary alicyclic amines) is 1. The number of methoxy groups -OCH3 is 1. The molecule has 1 aliphatic rings. The Balaban J connectivity index is 2.20. The summed E-state index contributed by atoms with van der Waals surface area (Å²) in [4.78, 5) is 12.3. The van der Waals surface area contributed by atoms with Crippen molar-refractivity contribution >= 4 is 6.09 Å². The largest absolute Gasteiger partial charge is 0.497 e. The Morgan fingerprint density at radius 3 is 2.37 bits per heavy atom. The number of nitrogens with zero attached hydrogens (tertiary/aromatic N) is 2. The minimum Gasteiger partial charge on any atom is -0.497 e. The maximum atomic E-state index is 10.9. The molecule has 1 N–H and O–H groups in total. The zero-order valence-corrected chi connectivity index (χ0v) is 10.8. The van der Waals surface area contributed by atoms with E-state index < -0.39 is 11.5 Å². The molecule has 0 aliphatic carbocycles. The molecule has 0 spiro atoms. The molecule has 1 aromatic carbocycles. The van der Waals surface area contributed by atoms with Gasteiger partial charge >= 0.3 is 6.09 Å². The van der Waals surface area contributed by atoms with Gasteiger partial charge in [0.15, 0.2) is 0 Å². The summed E-state index contributed by atoms with van der Waals surface area (Å²) < 4.78 is 5.10. The zero-order chi connectivity index (χ0) is 13.9. The van der Waals surface area contributed by atoms with E-state index in [2.05, 4.69) is 6.07 Å². The van der Waals surface area contributed by atoms with Crippen LogP contribution in [-0.2, 0) is 5.41 Å². The Kier molecular flexibility index (Phi) is 3.61. The van der Waals surface area contributed by atoms with Crippen molar-refractivity contribution in [2.75, 3.05) is 20.2 Å². The molecule has 0 aromatic heterocycles. The fourth-order valence-electron chi connectivity index (χ4n) is 2.45. The number of hydrogen-bond acceptors (Lipinski definition) is 3. The molecule has 0 saturated carbocycles. The lowest BCUT2D eigenvalue weighted by atomic mass is 9.74. The van der Waals surface area contributed by atoms with Crippen molar-refractivity contribution in [3.8, 4) is 11.8 Å². The Labute approximate surface area is 112 Å². The van der Waals surface area contributed by atoms with Gasteiger partial charge in [0, 0.05) is 13.1 Å². The highest BCUT2D eigenvalue weighted by Gasteiger charge is 2.37. The average molecular weight is 260 g/mol. The molecule has 5 heteroatoms. The summed E-state index contributed by atoms with van der Waals surface area (Å²) in [7, 11) is 1.60. The Morgan fingerprint density at radius 1 is 1.37 bits per heavy atom. The van der Waals surface area contributed by atoms with Crippen LogP contribution >= 0.6 is 0 Å². The summed E-state index contributed by atoms with van der Waals surface area (Å²) in [5.41, 5.74) is 0.346. The topological polar surface area (TPSA) is 73.6 Å². The van der Waals surface area contributed by atoms with Crippen LogP contribution in [0.4, 0.5) is 4.79 Å². The Hall–Kier alpha value is -2.22. The number of carboxylic acid groups (broad SMARTS) is 1. The van der Waals surface area contributed by atoms with Crippen molar-refractivity contribution in [1.82, 2.24) is 4.90 Å². The molecule has 1 amide bonds. The van der Waals surface area contributed by atoms with Crippen LogP contribution in [0, 0.1) is 11.3 Å². The van der Waals surface area contributed by atoms with Crippen LogP contribution < -0.4 is 4.74 Å². The first-order valence-corrected chi connectivity index (χ1v) is 6.15. The summed E-state index contributed by atoms with van der Waals surface area (Å²) in [5.74, 6) is 0.750. The number of hydrogen-bond donors (Lipinski definition) is 1. The lowest BCUT2D eigenvalue weighted by Gasteiger charge is -2.36. The molecule has 0 atom stereocenters. The molecule has 0 bridgehead atoms. The van der Waals surface area contributed by atoms with Crippen molar-refractivity contribution in [1.29, 1.82) is 5.26 Å². The molecule has 5 nitrogen and oxygen atoms in total. The highest BCUT2D eigenvalue weighted by atomic mass is 16.5. The zero-order valence-electron chi connectivity index (χ0n) is 10.8. The van der Waals surface area contributed by atoms with E-state index in [-0.39, 0.29) is 0 Å². The maximum absolute atomic E-state index is 10.9. The smallest absolute Gasteiger partial charge is 0.407 e. The Morgan fingerprint density at radius 2 is 1.95 bits per heavy atom. The van der Waals surface area contributed by atoms with E-state index >= 15 is 0 Å². The lowest BCUT2D eigenvalue weighted by Crippen LogP contribution is -2.44. The molecule has 0 unspecified atom stereocenters. The molecular formula is C14H16N2O3. The summed E-state index contributed by atoms with van der Waals surface area (Å²) >= 11 is 0. The van der Waals surface area contributed by atoms with Crippen molar-refractivity contribution in [3.63, 3.8) is 0 Å². The molecule has 1 aliphatic heterocycles. The standard InChI is InChI=1S/C14H16N2O3/c1-19-12-4-2-11(3-5-12)14(10-15)6-8-16(9-7-14)13(17)18/h2-5H,6-9H2,1H3,(H,17,18). The lowest BCUT2D eigenvalue weighted by molar-refractivity contribution is 0.125. The van der Waals surface area contributed by atoms with Gasteiger partial charge in [-0.15, -0.1) is 0 Å². The van der Waals surface area contributed by atoms with Gasteiger partial charge in [-0.2, -0.15) is 5.26 Å². The van der Waals surface area contributed by atoms with Gasteiger partial charge in [0.2, 0.25) is 0 Å². The van der Waals surface area contributed by atoms with E-state index in [1.54, 1.807) is 7.11 Å². The number of amides is 1. The first-order valence-electron chi connectivity index (χ1n) is 6.15. The molecule has 19 heavy (non-hydrogen) atoms. The third-order valence-electron chi connectivity index (χ3n) is 3.74. The van der Waals surface area contributed by atoms with E-state index in [0.29, 0.717) is 25.9 Å². The SMILES string of the molecule is COc1ccc(C2(C#N)CCN(C(=O)O)CC2)cc1. The molecule has 1 heterocycles. The molecule has 1 aromatic rings. The highest BCUT2D eigenvalue weighted by Crippen LogP contribution is 2.35. The number of nitriles is 1. The second kappa shape index (κ2) is 5.19. The van der Waals surface area contributed by atoms with Gasteiger partial charge < -0.3 is 14.7 Å². The van der Waals surface area contributed by atoms with Crippen molar-refractivity contribution in [2.45, 2.75) is 18.3 Å². The third kappa shape index (κ3) is 2.48. The number of rotatable bonds is 2. The second-order valence-corrected chi connectivity index (χ2v) is 4.69. The maximum Gasteiger partial charge on any atom is 0.407 e. The van der Waals surface area contributed by atoms with Gasteiger partial charge in [-0.3, -0.25) is 0 Å². The average Bonchev–Trinajstić information content (AvgIpc) is 2.47. The summed E-state index contributed by atoms with van der Waals surface area (Å²) in [6.07, 6.45) is 0.144. The van der Waals surface area contributed by atoms with E-state index in [9.17, 15) is 10.1 Å². The van der Waals surface area contributed by atoms with Crippen LogP contribution in [0.25, 0.3) is 0 Å². The van der Waals surface area contributed by atoms with Crippen LogP contribution in [0.2, 0.25) is 0 Å². The quantitative estimate of drug-likeness (QED) is 0.884.